The summed E-state index contributed by atoms with van der Waals surface area (Å²) in [5, 5.41) is 28.9. The molecule has 2 aromatic carbocycles. The number of rotatable bonds is 3. The number of para-hydroxylation sites is 2. The van der Waals surface area contributed by atoms with E-state index in [-0.39, 0.29) is 22.4 Å². The third-order valence-corrected chi connectivity index (χ3v) is 2.14. The van der Waals surface area contributed by atoms with Gasteiger partial charge in [0.2, 0.25) is 0 Å². The minimum absolute atomic E-state index is 0.00528. The highest BCUT2D eigenvalue weighted by molar-refractivity contribution is 5.47. The second-order valence-electron chi connectivity index (χ2n) is 3.33. The van der Waals surface area contributed by atoms with Crippen molar-refractivity contribution in [3.8, 4) is 17.2 Å². The largest absolute Gasteiger partial charge is 0.870 e. The third kappa shape index (κ3) is 2.66. The van der Waals surface area contributed by atoms with Gasteiger partial charge >= 0.3 is 0 Å². The molecule has 0 unspecified atom stereocenters. The Bertz CT molecular complexity index is 496. The summed E-state index contributed by atoms with van der Waals surface area (Å²) in [5.41, 5.74) is 0.202. The van der Waals surface area contributed by atoms with Gasteiger partial charge in [0, 0.05) is 0 Å². The quantitative estimate of drug-likeness (QED) is 0.793. The molecule has 0 aromatic heterocycles. The van der Waals surface area contributed by atoms with E-state index < -0.39 is 0 Å². The molecule has 5 nitrogen and oxygen atoms in total. The molecule has 2 aromatic rings. The number of hydrogen-bond acceptors (Lipinski definition) is 5. The van der Waals surface area contributed by atoms with E-state index in [9.17, 15) is 5.11 Å². The van der Waals surface area contributed by atoms with Gasteiger partial charge in [0.1, 0.15) is 11.5 Å². The zero-order chi connectivity index (χ0) is 12.3. The summed E-state index contributed by atoms with van der Waals surface area (Å²) in [4.78, 5) is 0. The van der Waals surface area contributed by atoms with E-state index >= 15 is 0 Å². The van der Waals surface area contributed by atoms with Crippen molar-refractivity contribution in [2.45, 2.75) is 0 Å². The summed E-state index contributed by atoms with van der Waals surface area (Å²) in [6.07, 6.45) is 0. The summed E-state index contributed by atoms with van der Waals surface area (Å²) < 4.78 is 5.35. The average molecular weight is 232 g/mol. The van der Waals surface area contributed by atoms with Crippen molar-refractivity contribution in [1.29, 1.82) is 0 Å². The monoisotopic (exact) mass is 232 g/mol. The van der Waals surface area contributed by atoms with E-state index in [1.54, 1.807) is 18.2 Å². The maximum Gasteiger partial charge on any atom is 0.127 e. The van der Waals surface area contributed by atoms with Crippen LogP contribution in [0.3, 0.4) is 0 Å². The zero-order valence-corrected chi connectivity index (χ0v) is 8.78. The highest BCUT2D eigenvalue weighted by atomic mass is 16.8. The van der Waals surface area contributed by atoms with Gasteiger partial charge in [0.25, 0.3) is 0 Å². The first kappa shape index (κ1) is 11.3. The Labute approximate surface area is 97.7 Å². The number of anilines is 1. The summed E-state index contributed by atoms with van der Waals surface area (Å²) in [6.45, 7) is 0. The lowest BCUT2D eigenvalue weighted by molar-refractivity contribution is -0.269. The molecule has 0 heterocycles. The molecular formula is C12H10NO4-. The van der Waals surface area contributed by atoms with E-state index in [4.69, 9.17) is 15.2 Å². The molecule has 0 fully saturated rings. The smallest absolute Gasteiger partial charge is 0.127 e. The van der Waals surface area contributed by atoms with Gasteiger partial charge in [0.05, 0.1) is 5.69 Å². The van der Waals surface area contributed by atoms with Crippen LogP contribution in [0.15, 0.2) is 48.5 Å². The predicted molar refractivity (Wildman–Crippen MR) is 58.5 cm³/mol. The van der Waals surface area contributed by atoms with Crippen molar-refractivity contribution in [3.63, 3.8) is 0 Å². The molecule has 0 bridgehead atoms. The standard InChI is InChI=1S/C12H11NO4/c14-11-3-1-2-4-12(11)17-10-7-5-9(6-8-10)13(15)16/h1-8,14-16H/p-1. The molecule has 0 saturated heterocycles. The predicted octanol–water partition coefficient (Wildman–Crippen LogP) is 2.14. The van der Waals surface area contributed by atoms with Gasteiger partial charge in [0.15, 0.2) is 0 Å². The average Bonchev–Trinajstić information content (AvgIpc) is 2.33. The van der Waals surface area contributed by atoms with Crippen LogP contribution in [0.2, 0.25) is 0 Å². The second kappa shape index (κ2) is 4.73. The molecule has 2 N–H and O–H groups in total. The van der Waals surface area contributed by atoms with Crippen molar-refractivity contribution in [1.82, 2.24) is 0 Å². The van der Waals surface area contributed by atoms with Crippen LogP contribution in [0.25, 0.3) is 0 Å². The van der Waals surface area contributed by atoms with E-state index in [1.165, 1.54) is 30.3 Å². The molecule has 2 rings (SSSR count). The third-order valence-electron chi connectivity index (χ3n) is 2.14. The molecule has 0 saturated carbocycles. The molecule has 88 valence electrons. The lowest BCUT2D eigenvalue weighted by Crippen LogP contribution is -2.10. The Morgan fingerprint density at radius 2 is 1.59 bits per heavy atom. The van der Waals surface area contributed by atoms with E-state index in [2.05, 4.69) is 0 Å². The van der Waals surface area contributed by atoms with Crippen molar-refractivity contribution in [2.75, 3.05) is 5.23 Å². The van der Waals surface area contributed by atoms with Gasteiger partial charge < -0.3 is 9.84 Å². The fraction of sp³-hybridized carbons (Fsp3) is 0. The molecule has 0 amide bonds. The highest BCUT2D eigenvalue weighted by Gasteiger charge is 2.01. The molecule has 17 heavy (non-hydrogen) atoms. The van der Waals surface area contributed by atoms with Crippen LogP contribution in [0, 0.1) is 0 Å². The van der Waals surface area contributed by atoms with Crippen LogP contribution >= 0.6 is 0 Å². The molecule has 0 aliphatic rings. The Morgan fingerprint density at radius 3 is 2.18 bits per heavy atom. The Balaban J connectivity index is 2.17. The van der Waals surface area contributed by atoms with Crippen molar-refractivity contribution in [3.05, 3.63) is 48.5 Å². The minimum Gasteiger partial charge on any atom is -0.870 e. The summed E-state index contributed by atoms with van der Waals surface area (Å²) in [7, 11) is 0. The Hall–Kier alpha value is -2.24. The van der Waals surface area contributed by atoms with Gasteiger partial charge in [-0.25, -0.2) is 0 Å². The topological polar surface area (TPSA) is 76.0 Å². The van der Waals surface area contributed by atoms with Gasteiger partial charge in [-0.15, -0.1) is 5.23 Å². The first-order chi connectivity index (χ1) is 8.16. The van der Waals surface area contributed by atoms with Crippen LogP contribution in [-0.4, -0.2) is 10.4 Å². The molecule has 0 spiro atoms. The Morgan fingerprint density at radius 1 is 0.941 bits per heavy atom. The molecule has 0 aliphatic heterocycles. The minimum atomic E-state index is -0.206. The normalized spacial score (nSPS) is 10.0. The van der Waals surface area contributed by atoms with Gasteiger partial charge in [-0.3, -0.25) is 10.4 Å². The maximum atomic E-state index is 11.4. The SMILES string of the molecule is [O-]c1ccccc1Oc1ccc(N(O)O)cc1. The van der Waals surface area contributed by atoms with E-state index in [0.717, 1.165) is 0 Å². The van der Waals surface area contributed by atoms with Crippen LogP contribution in [0.4, 0.5) is 5.69 Å². The molecular weight excluding hydrogens is 222 g/mol. The van der Waals surface area contributed by atoms with Crippen LogP contribution in [-0.2, 0) is 0 Å². The van der Waals surface area contributed by atoms with Crippen molar-refractivity contribution >= 4 is 5.69 Å². The highest BCUT2D eigenvalue weighted by Crippen LogP contribution is 2.28. The number of ether oxygens (including phenoxy) is 1. The van der Waals surface area contributed by atoms with Gasteiger partial charge in [-0.2, -0.15) is 0 Å². The molecule has 0 radical (unpaired) electrons. The molecule has 5 heteroatoms. The lowest BCUT2D eigenvalue weighted by Gasteiger charge is -2.14. The van der Waals surface area contributed by atoms with Crippen LogP contribution < -0.4 is 15.1 Å². The second-order valence-corrected chi connectivity index (χ2v) is 3.33. The van der Waals surface area contributed by atoms with E-state index in [0.29, 0.717) is 5.75 Å². The number of hydrogen-bond donors (Lipinski definition) is 2. The van der Waals surface area contributed by atoms with E-state index in [1.807, 2.05) is 0 Å². The fourth-order valence-electron chi connectivity index (χ4n) is 1.31. The first-order valence-corrected chi connectivity index (χ1v) is 4.88. The van der Waals surface area contributed by atoms with Gasteiger partial charge in [-0.1, -0.05) is 23.9 Å². The summed E-state index contributed by atoms with van der Waals surface area (Å²) in [6, 6.07) is 12.3. The number of benzene rings is 2. The fourth-order valence-corrected chi connectivity index (χ4v) is 1.31. The summed E-state index contributed by atoms with van der Waals surface area (Å²) >= 11 is 0. The van der Waals surface area contributed by atoms with Crippen molar-refractivity contribution in [2.24, 2.45) is 0 Å². The maximum absolute atomic E-state index is 11.4. The first-order valence-electron chi connectivity index (χ1n) is 4.88. The number of nitrogens with zero attached hydrogens (tertiary/aromatic N) is 1. The van der Waals surface area contributed by atoms with Crippen LogP contribution in [0.5, 0.6) is 17.2 Å². The zero-order valence-electron chi connectivity index (χ0n) is 8.78. The summed E-state index contributed by atoms with van der Waals surface area (Å²) in [5.74, 6) is 0.464. The van der Waals surface area contributed by atoms with Gasteiger partial charge in [-0.05, 0) is 30.3 Å². The Kier molecular flexibility index (Phi) is 3.13. The van der Waals surface area contributed by atoms with Crippen LogP contribution in [0.1, 0.15) is 0 Å². The lowest BCUT2D eigenvalue weighted by atomic mass is 10.3. The van der Waals surface area contributed by atoms with Crippen molar-refractivity contribution < 1.29 is 20.3 Å². The molecule has 0 atom stereocenters. The molecule has 0 aliphatic carbocycles.